The fourth-order valence-corrected chi connectivity index (χ4v) is 4.07. The Balaban J connectivity index is 1.34. The lowest BCUT2D eigenvalue weighted by molar-refractivity contribution is -0.137. The first kappa shape index (κ1) is 23.6. The Kier molecular flexibility index (Phi) is 6.47. The number of nitrogens with one attached hydrogen (secondary N) is 1. The van der Waals surface area contributed by atoms with Crippen molar-refractivity contribution in [2.75, 3.05) is 36.4 Å². The molecule has 1 aliphatic heterocycles. The number of benzene rings is 1. The van der Waals surface area contributed by atoms with E-state index < -0.39 is 17.6 Å². The number of amides is 1. The van der Waals surface area contributed by atoms with E-state index in [-0.39, 0.29) is 11.4 Å². The third-order valence-electron chi connectivity index (χ3n) is 5.92. The molecule has 1 amide bonds. The lowest BCUT2D eigenvalue weighted by atomic mass is 10.1. The number of nitrogens with zero attached hydrogens (tertiary/aromatic N) is 4. The molecule has 5 rings (SSSR count). The molecule has 3 aromatic heterocycles. The standard InChI is InChI=1S/C25H22F3N5O3/c26-25(27,28)18-1-2-20(33-12-10-32(11-13-33)16-23-30-9-14-35-23)19(15-18)31-24(34)22-4-3-21(36-22)17-5-7-29-8-6-17/h1-9,14-15H,10-13,16H2,(H,31,34). The Labute approximate surface area is 204 Å². The highest BCUT2D eigenvalue weighted by Crippen LogP contribution is 2.36. The monoisotopic (exact) mass is 497 g/mol. The van der Waals surface area contributed by atoms with Gasteiger partial charge >= 0.3 is 6.18 Å². The number of rotatable bonds is 6. The van der Waals surface area contributed by atoms with Gasteiger partial charge in [0.25, 0.3) is 5.91 Å². The highest BCUT2D eigenvalue weighted by Gasteiger charge is 2.32. The molecule has 4 aromatic rings. The van der Waals surface area contributed by atoms with E-state index in [4.69, 9.17) is 8.83 Å². The molecule has 186 valence electrons. The topological polar surface area (TPSA) is 87.6 Å². The van der Waals surface area contributed by atoms with Crippen molar-refractivity contribution in [2.24, 2.45) is 0 Å². The molecule has 1 fully saturated rings. The molecule has 8 nitrogen and oxygen atoms in total. The van der Waals surface area contributed by atoms with Crippen LogP contribution in [0.2, 0.25) is 0 Å². The molecule has 1 N–H and O–H groups in total. The first-order valence-electron chi connectivity index (χ1n) is 11.3. The summed E-state index contributed by atoms with van der Waals surface area (Å²) in [7, 11) is 0. The third-order valence-corrected chi connectivity index (χ3v) is 5.92. The zero-order valence-corrected chi connectivity index (χ0v) is 19.0. The predicted molar refractivity (Wildman–Crippen MR) is 125 cm³/mol. The number of halogens is 3. The number of oxazole rings is 1. The average molecular weight is 497 g/mol. The van der Waals surface area contributed by atoms with Gasteiger partial charge in [-0.1, -0.05) is 0 Å². The number of aromatic nitrogens is 2. The summed E-state index contributed by atoms with van der Waals surface area (Å²) in [5, 5.41) is 2.62. The molecule has 0 spiro atoms. The van der Waals surface area contributed by atoms with Crippen molar-refractivity contribution in [1.29, 1.82) is 0 Å². The number of alkyl halides is 3. The molecule has 1 aromatic carbocycles. The predicted octanol–water partition coefficient (Wildman–Crippen LogP) is 4.92. The van der Waals surface area contributed by atoms with Crippen LogP contribution in [0.5, 0.6) is 0 Å². The number of carbonyl (C=O) groups excluding carboxylic acids is 1. The van der Waals surface area contributed by atoms with Gasteiger partial charge in [0, 0.05) is 44.1 Å². The Bertz CT molecular complexity index is 1310. The van der Waals surface area contributed by atoms with Crippen LogP contribution in [0.1, 0.15) is 22.0 Å². The number of anilines is 2. The minimum atomic E-state index is -4.55. The van der Waals surface area contributed by atoms with Crippen molar-refractivity contribution < 1.29 is 26.8 Å². The highest BCUT2D eigenvalue weighted by atomic mass is 19.4. The molecule has 0 radical (unpaired) electrons. The van der Waals surface area contributed by atoms with Gasteiger partial charge in [-0.15, -0.1) is 0 Å². The maximum Gasteiger partial charge on any atom is 0.416 e. The molecule has 0 aliphatic carbocycles. The van der Waals surface area contributed by atoms with Crippen LogP contribution in [0.15, 0.2) is 76.2 Å². The first-order valence-corrected chi connectivity index (χ1v) is 11.3. The molecular formula is C25H22F3N5O3. The summed E-state index contributed by atoms with van der Waals surface area (Å²) in [6, 6.07) is 9.95. The fourth-order valence-electron chi connectivity index (χ4n) is 4.07. The molecule has 0 bridgehead atoms. The van der Waals surface area contributed by atoms with Crippen molar-refractivity contribution in [3.05, 3.63) is 84.5 Å². The van der Waals surface area contributed by atoms with Gasteiger partial charge in [0.05, 0.1) is 29.7 Å². The molecule has 4 heterocycles. The minimum Gasteiger partial charge on any atom is -0.451 e. The summed E-state index contributed by atoms with van der Waals surface area (Å²) in [6.45, 7) is 2.98. The summed E-state index contributed by atoms with van der Waals surface area (Å²) < 4.78 is 51.3. The summed E-state index contributed by atoms with van der Waals surface area (Å²) in [5.74, 6) is 0.406. The van der Waals surface area contributed by atoms with Gasteiger partial charge in [-0.05, 0) is 42.5 Å². The normalized spacial score (nSPS) is 14.7. The van der Waals surface area contributed by atoms with Crippen LogP contribution >= 0.6 is 0 Å². The Morgan fingerprint density at radius 2 is 1.78 bits per heavy atom. The van der Waals surface area contributed by atoms with Gasteiger partial charge < -0.3 is 19.1 Å². The van der Waals surface area contributed by atoms with Crippen LogP contribution in [0.3, 0.4) is 0 Å². The number of furan rings is 1. The van der Waals surface area contributed by atoms with E-state index in [2.05, 4.69) is 20.2 Å². The quantitative estimate of drug-likeness (QED) is 0.405. The average Bonchev–Trinajstić information content (AvgIpc) is 3.57. The largest absolute Gasteiger partial charge is 0.451 e. The van der Waals surface area contributed by atoms with Crippen LogP contribution in [0, 0.1) is 0 Å². The van der Waals surface area contributed by atoms with Gasteiger partial charge in [-0.3, -0.25) is 14.7 Å². The summed E-state index contributed by atoms with van der Waals surface area (Å²) in [5.41, 5.74) is 0.457. The van der Waals surface area contributed by atoms with Crippen molar-refractivity contribution in [2.45, 2.75) is 12.7 Å². The second-order valence-corrected chi connectivity index (χ2v) is 8.27. The lowest BCUT2D eigenvalue weighted by Crippen LogP contribution is -2.46. The second-order valence-electron chi connectivity index (χ2n) is 8.27. The lowest BCUT2D eigenvalue weighted by Gasteiger charge is -2.36. The highest BCUT2D eigenvalue weighted by molar-refractivity contribution is 6.04. The van der Waals surface area contributed by atoms with E-state index in [9.17, 15) is 18.0 Å². The number of pyridine rings is 1. The molecule has 0 saturated carbocycles. The van der Waals surface area contributed by atoms with Crippen LogP contribution < -0.4 is 10.2 Å². The first-order chi connectivity index (χ1) is 17.4. The molecule has 1 saturated heterocycles. The molecule has 0 atom stereocenters. The van der Waals surface area contributed by atoms with Crippen LogP contribution in [-0.2, 0) is 12.7 Å². The SMILES string of the molecule is O=C(Nc1cc(C(F)(F)F)ccc1N1CCN(Cc2ncco2)CC1)c1ccc(-c2ccncc2)o1. The smallest absolute Gasteiger partial charge is 0.416 e. The Morgan fingerprint density at radius 3 is 2.47 bits per heavy atom. The number of hydrogen-bond donors (Lipinski definition) is 1. The third kappa shape index (κ3) is 5.25. The van der Waals surface area contributed by atoms with E-state index in [1.165, 1.54) is 18.4 Å². The van der Waals surface area contributed by atoms with E-state index in [1.807, 2.05) is 4.90 Å². The zero-order chi connectivity index (χ0) is 25.1. The number of piperazine rings is 1. The van der Waals surface area contributed by atoms with Crippen LogP contribution in [0.4, 0.5) is 24.5 Å². The summed E-state index contributed by atoms with van der Waals surface area (Å²) in [6.07, 6.45) is 1.74. The van der Waals surface area contributed by atoms with Gasteiger partial charge in [0.1, 0.15) is 12.0 Å². The van der Waals surface area contributed by atoms with E-state index >= 15 is 0 Å². The van der Waals surface area contributed by atoms with Gasteiger partial charge in [-0.25, -0.2) is 4.98 Å². The minimum absolute atomic E-state index is 0.0130. The van der Waals surface area contributed by atoms with E-state index in [1.54, 1.807) is 36.8 Å². The Morgan fingerprint density at radius 1 is 1.00 bits per heavy atom. The number of carbonyl (C=O) groups is 1. The summed E-state index contributed by atoms with van der Waals surface area (Å²) in [4.78, 5) is 25.1. The van der Waals surface area contributed by atoms with Gasteiger partial charge in [-0.2, -0.15) is 13.2 Å². The van der Waals surface area contributed by atoms with Crippen molar-refractivity contribution >= 4 is 17.3 Å². The molecule has 36 heavy (non-hydrogen) atoms. The van der Waals surface area contributed by atoms with Crippen LogP contribution in [0.25, 0.3) is 11.3 Å². The van der Waals surface area contributed by atoms with Gasteiger partial charge in [0.15, 0.2) is 5.76 Å². The van der Waals surface area contributed by atoms with E-state index in [0.717, 1.165) is 17.7 Å². The maximum atomic E-state index is 13.5. The molecule has 11 heteroatoms. The summed E-state index contributed by atoms with van der Waals surface area (Å²) >= 11 is 0. The van der Waals surface area contributed by atoms with Gasteiger partial charge in [0.2, 0.25) is 5.89 Å². The Hall–Kier alpha value is -4.12. The maximum absolute atomic E-state index is 13.5. The molecular weight excluding hydrogens is 475 g/mol. The van der Waals surface area contributed by atoms with Crippen LogP contribution in [-0.4, -0.2) is 47.0 Å². The molecule has 0 unspecified atom stereocenters. The van der Waals surface area contributed by atoms with Crippen molar-refractivity contribution in [3.63, 3.8) is 0 Å². The van der Waals surface area contributed by atoms with Crippen molar-refractivity contribution in [1.82, 2.24) is 14.9 Å². The second kappa shape index (κ2) is 9.86. The van der Waals surface area contributed by atoms with E-state index in [0.29, 0.717) is 50.1 Å². The fraction of sp³-hybridized carbons (Fsp3) is 0.240. The number of hydrogen-bond acceptors (Lipinski definition) is 7. The zero-order valence-electron chi connectivity index (χ0n) is 19.0. The molecule has 1 aliphatic rings. The van der Waals surface area contributed by atoms with Crippen molar-refractivity contribution in [3.8, 4) is 11.3 Å².